The molecule has 0 aromatic heterocycles. The molecule has 1 amide bonds. The summed E-state index contributed by atoms with van der Waals surface area (Å²) in [4.78, 5) is 13.5. The van der Waals surface area contributed by atoms with Gasteiger partial charge in [0.15, 0.2) is 0 Å². The molecule has 1 heterocycles. The van der Waals surface area contributed by atoms with E-state index in [1.165, 1.54) is 12.0 Å². The maximum Gasteiger partial charge on any atom is 0.409 e. The van der Waals surface area contributed by atoms with Crippen molar-refractivity contribution in [3.8, 4) is 0 Å². The summed E-state index contributed by atoms with van der Waals surface area (Å²) < 4.78 is 5.05. The Morgan fingerprint density at radius 2 is 2.00 bits per heavy atom. The molecule has 120 valence electrons. The smallest absolute Gasteiger partial charge is 0.409 e. The number of amides is 1. The quantitative estimate of drug-likeness (QED) is 0.909. The minimum absolute atomic E-state index is 0.160. The lowest BCUT2D eigenvalue weighted by molar-refractivity contribution is 0.0950. The molecule has 1 saturated carbocycles. The number of benzene rings is 1. The van der Waals surface area contributed by atoms with E-state index in [4.69, 9.17) is 4.74 Å². The third kappa shape index (κ3) is 3.80. The van der Waals surface area contributed by atoms with E-state index in [1.54, 1.807) is 0 Å². The Bertz CT molecular complexity index is 483. The van der Waals surface area contributed by atoms with Crippen molar-refractivity contribution in [2.45, 2.75) is 38.1 Å². The Morgan fingerprint density at radius 1 is 1.27 bits per heavy atom. The van der Waals surface area contributed by atoms with Gasteiger partial charge in [0.2, 0.25) is 0 Å². The second-order valence-corrected chi connectivity index (χ2v) is 6.38. The summed E-state index contributed by atoms with van der Waals surface area (Å²) in [6, 6.07) is 11.4. The lowest BCUT2D eigenvalue weighted by Gasteiger charge is -2.31. The van der Waals surface area contributed by atoms with Crippen molar-refractivity contribution in [1.82, 2.24) is 10.2 Å². The molecule has 0 radical (unpaired) electrons. The number of nitrogens with zero attached hydrogens (tertiary/aromatic N) is 1. The fourth-order valence-electron chi connectivity index (χ4n) is 3.38. The number of likely N-dealkylation sites (tertiary alicyclic amines) is 1. The van der Waals surface area contributed by atoms with Crippen molar-refractivity contribution in [2.24, 2.45) is 5.92 Å². The molecule has 2 atom stereocenters. The van der Waals surface area contributed by atoms with Gasteiger partial charge in [-0.15, -0.1) is 0 Å². The third-order valence-electron chi connectivity index (χ3n) is 4.84. The van der Waals surface area contributed by atoms with Crippen molar-refractivity contribution >= 4 is 6.09 Å². The van der Waals surface area contributed by atoms with Crippen LogP contribution < -0.4 is 5.32 Å². The van der Waals surface area contributed by atoms with Gasteiger partial charge in [-0.3, -0.25) is 0 Å². The van der Waals surface area contributed by atoms with E-state index in [2.05, 4.69) is 35.6 Å². The zero-order chi connectivity index (χ0) is 15.4. The second kappa shape index (κ2) is 7.14. The van der Waals surface area contributed by atoms with Crippen LogP contribution in [-0.2, 0) is 4.74 Å². The minimum atomic E-state index is -0.160. The minimum Gasteiger partial charge on any atom is -0.450 e. The predicted molar refractivity (Wildman–Crippen MR) is 86.9 cm³/mol. The molecule has 1 N–H and O–H groups in total. The van der Waals surface area contributed by atoms with E-state index < -0.39 is 0 Å². The molecule has 1 aromatic rings. The van der Waals surface area contributed by atoms with Gasteiger partial charge in [0.25, 0.3) is 0 Å². The van der Waals surface area contributed by atoms with Crippen molar-refractivity contribution in [1.29, 1.82) is 0 Å². The van der Waals surface area contributed by atoms with Crippen LogP contribution in [0, 0.1) is 5.92 Å². The molecule has 22 heavy (non-hydrogen) atoms. The highest BCUT2D eigenvalue weighted by molar-refractivity contribution is 5.67. The van der Waals surface area contributed by atoms with Crippen LogP contribution in [0.2, 0.25) is 0 Å². The molecule has 2 fully saturated rings. The Hall–Kier alpha value is -1.55. The Kier molecular flexibility index (Phi) is 4.98. The van der Waals surface area contributed by atoms with Crippen LogP contribution in [0.1, 0.15) is 37.7 Å². The van der Waals surface area contributed by atoms with Crippen molar-refractivity contribution in [3.05, 3.63) is 35.9 Å². The molecular formula is C18H26N2O2. The zero-order valence-electron chi connectivity index (χ0n) is 13.3. The van der Waals surface area contributed by atoms with Crippen LogP contribution in [0.3, 0.4) is 0 Å². The van der Waals surface area contributed by atoms with E-state index in [0.717, 1.165) is 44.3 Å². The van der Waals surface area contributed by atoms with E-state index in [9.17, 15) is 4.79 Å². The van der Waals surface area contributed by atoms with Gasteiger partial charge >= 0.3 is 6.09 Å². The summed E-state index contributed by atoms with van der Waals surface area (Å²) >= 11 is 0. The number of carbonyl (C=O) groups excluding carboxylic acids is 1. The van der Waals surface area contributed by atoms with E-state index in [-0.39, 0.29) is 6.09 Å². The highest BCUT2D eigenvalue weighted by Crippen LogP contribution is 2.46. The average molecular weight is 302 g/mol. The van der Waals surface area contributed by atoms with E-state index in [0.29, 0.717) is 12.6 Å². The van der Waals surface area contributed by atoms with Gasteiger partial charge in [-0.05, 0) is 50.1 Å². The molecule has 3 rings (SSSR count). The molecule has 0 unspecified atom stereocenters. The zero-order valence-corrected chi connectivity index (χ0v) is 13.3. The maximum absolute atomic E-state index is 11.7. The van der Waals surface area contributed by atoms with Gasteiger partial charge in [-0.25, -0.2) is 4.79 Å². The Labute approximate surface area is 132 Å². The normalized spacial score (nSPS) is 25.0. The van der Waals surface area contributed by atoms with Crippen LogP contribution >= 0.6 is 0 Å². The first-order valence-electron chi connectivity index (χ1n) is 8.48. The fourth-order valence-corrected chi connectivity index (χ4v) is 3.38. The summed E-state index contributed by atoms with van der Waals surface area (Å²) in [6.07, 6.45) is 3.20. The topological polar surface area (TPSA) is 41.6 Å². The molecule has 1 aliphatic carbocycles. The first-order chi connectivity index (χ1) is 10.8. The molecule has 0 spiro atoms. The van der Waals surface area contributed by atoms with Crippen molar-refractivity contribution in [2.75, 3.05) is 26.2 Å². The van der Waals surface area contributed by atoms with Gasteiger partial charge in [0, 0.05) is 19.1 Å². The van der Waals surface area contributed by atoms with Crippen molar-refractivity contribution in [3.63, 3.8) is 0 Å². The highest BCUT2D eigenvalue weighted by Gasteiger charge is 2.38. The molecule has 2 aliphatic rings. The SMILES string of the molecule is CCOC(=O)N1CCC(NC[C@H]2C[C@H]2c2ccccc2)CC1. The molecule has 0 bridgehead atoms. The molecule has 1 aromatic carbocycles. The van der Waals surface area contributed by atoms with Crippen LogP contribution in [0.5, 0.6) is 0 Å². The van der Waals surface area contributed by atoms with Crippen LogP contribution in [0.15, 0.2) is 30.3 Å². The highest BCUT2D eigenvalue weighted by atomic mass is 16.6. The second-order valence-electron chi connectivity index (χ2n) is 6.38. The van der Waals surface area contributed by atoms with E-state index >= 15 is 0 Å². The van der Waals surface area contributed by atoms with E-state index in [1.807, 2.05) is 11.8 Å². The van der Waals surface area contributed by atoms with Crippen LogP contribution in [-0.4, -0.2) is 43.3 Å². The molecule has 1 saturated heterocycles. The summed E-state index contributed by atoms with van der Waals surface area (Å²) in [5.74, 6) is 1.53. The molecular weight excluding hydrogens is 276 g/mol. The number of carbonyl (C=O) groups is 1. The average Bonchev–Trinajstić information content (AvgIpc) is 3.34. The number of ether oxygens (including phenoxy) is 1. The monoisotopic (exact) mass is 302 g/mol. The third-order valence-corrected chi connectivity index (χ3v) is 4.84. The molecule has 1 aliphatic heterocycles. The summed E-state index contributed by atoms with van der Waals surface area (Å²) in [6.45, 7) is 5.03. The van der Waals surface area contributed by atoms with Gasteiger partial charge in [0.05, 0.1) is 6.61 Å². The lowest BCUT2D eigenvalue weighted by atomic mass is 10.0. The number of hydrogen-bond acceptors (Lipinski definition) is 3. The first-order valence-corrected chi connectivity index (χ1v) is 8.48. The fraction of sp³-hybridized carbons (Fsp3) is 0.611. The lowest BCUT2D eigenvalue weighted by Crippen LogP contribution is -2.45. The van der Waals surface area contributed by atoms with Gasteiger partial charge in [-0.2, -0.15) is 0 Å². The maximum atomic E-state index is 11.7. The largest absolute Gasteiger partial charge is 0.450 e. The summed E-state index contributed by atoms with van der Waals surface area (Å²) in [5, 5.41) is 3.70. The Balaban J connectivity index is 1.36. The number of piperidine rings is 1. The van der Waals surface area contributed by atoms with Crippen LogP contribution in [0.25, 0.3) is 0 Å². The molecule has 4 nitrogen and oxygen atoms in total. The Morgan fingerprint density at radius 3 is 2.68 bits per heavy atom. The van der Waals surface area contributed by atoms with Gasteiger partial charge in [-0.1, -0.05) is 30.3 Å². The number of nitrogens with one attached hydrogen (secondary N) is 1. The van der Waals surface area contributed by atoms with Gasteiger partial charge < -0.3 is 15.0 Å². The standard InChI is InChI=1S/C18H26N2O2/c1-2-22-18(21)20-10-8-16(9-11-20)19-13-15-12-17(15)14-6-4-3-5-7-14/h3-7,15-17,19H,2,8-13H2,1H3/t15-,17+/m1/s1. The number of rotatable bonds is 5. The summed E-state index contributed by atoms with van der Waals surface area (Å²) in [7, 11) is 0. The van der Waals surface area contributed by atoms with Gasteiger partial charge in [0.1, 0.15) is 0 Å². The summed E-state index contributed by atoms with van der Waals surface area (Å²) in [5.41, 5.74) is 1.48. The van der Waals surface area contributed by atoms with Crippen LogP contribution in [0.4, 0.5) is 4.79 Å². The van der Waals surface area contributed by atoms with Crippen molar-refractivity contribution < 1.29 is 9.53 Å². The number of hydrogen-bond donors (Lipinski definition) is 1. The first kappa shape index (κ1) is 15.3. The molecule has 4 heteroatoms. The predicted octanol–water partition coefficient (Wildman–Crippen LogP) is 3.00.